The molecule has 0 bridgehead atoms. The third kappa shape index (κ3) is 9.96. The lowest BCUT2D eigenvalue weighted by Gasteiger charge is -2.49. The Labute approximate surface area is 430 Å². The Kier molecular flexibility index (Phi) is 13.8. The van der Waals surface area contributed by atoms with Gasteiger partial charge in [-0.1, -0.05) is 23.2 Å². The van der Waals surface area contributed by atoms with Gasteiger partial charge < -0.3 is 40.3 Å². The largest absolute Gasteiger partial charge is 0.493 e. The number of piperidine rings is 3. The Morgan fingerprint density at radius 3 is 2.32 bits per heavy atom. The van der Waals surface area contributed by atoms with Gasteiger partial charge in [0.05, 0.1) is 62.5 Å². The predicted octanol–water partition coefficient (Wildman–Crippen LogP) is 2.74. The average molecular weight is 1040 g/mol. The number of amides is 6. The van der Waals surface area contributed by atoms with E-state index < -0.39 is 46.9 Å². The maximum Gasteiger partial charge on any atom is 0.262 e. The fraction of sp³-hybridized carbons (Fsp3) is 0.412. The van der Waals surface area contributed by atoms with Gasteiger partial charge >= 0.3 is 0 Å². The molecular weight excluding hydrogens is 982 g/mol. The molecule has 73 heavy (non-hydrogen) atoms. The maximum atomic E-state index is 13.6. The number of nitrogens with two attached hydrogens (primary N) is 2. The molecule has 4 saturated heterocycles. The van der Waals surface area contributed by atoms with Crippen molar-refractivity contribution in [1.82, 2.24) is 30.4 Å². The number of methoxy groups -OCH3 is 1. The first-order valence-electron chi connectivity index (χ1n) is 23.9. The van der Waals surface area contributed by atoms with Crippen LogP contribution in [-0.4, -0.2) is 130 Å². The highest BCUT2D eigenvalue weighted by Crippen LogP contribution is 2.40. The van der Waals surface area contributed by atoms with Gasteiger partial charge in [0.25, 0.3) is 11.8 Å². The van der Waals surface area contributed by atoms with Gasteiger partial charge in [-0.15, -0.1) is 0 Å². The topological polar surface area (TPSA) is 279 Å². The molecule has 7 N–H and O–H groups in total. The van der Waals surface area contributed by atoms with E-state index in [1.165, 1.54) is 19.5 Å². The Balaban J connectivity index is 0.745. The van der Waals surface area contributed by atoms with Crippen LogP contribution in [0.25, 0.3) is 0 Å². The third-order valence-corrected chi connectivity index (χ3v) is 15.1. The van der Waals surface area contributed by atoms with Crippen LogP contribution in [0.3, 0.4) is 0 Å². The van der Waals surface area contributed by atoms with Gasteiger partial charge in [0, 0.05) is 93.2 Å². The van der Waals surface area contributed by atoms with Crippen molar-refractivity contribution < 1.29 is 48.8 Å². The van der Waals surface area contributed by atoms with E-state index in [0.29, 0.717) is 108 Å². The molecule has 0 spiro atoms. The SMILES string of the molecule is COc1cc(N)c(C(=[NH2+])c2cnc(N3CC(C)(NC(=O)C4CCN(C(=O)CC5(O)CCN(c6ccc7c(c6)C(=O)N(C6CCC(=O)NC6=O)C7=O)CC5)CC4)C3)c(C#N)c2)cc1O[C@H](C)c1c(Cl)cncc1Cl. The number of nitriles is 1. The van der Waals surface area contributed by atoms with E-state index in [0.717, 1.165) is 4.90 Å². The van der Waals surface area contributed by atoms with Gasteiger partial charge in [0.15, 0.2) is 11.5 Å². The Bertz CT molecular complexity index is 2990. The molecule has 20 nitrogen and oxygen atoms in total. The van der Waals surface area contributed by atoms with Crippen molar-refractivity contribution in [1.29, 1.82) is 5.26 Å². The summed E-state index contributed by atoms with van der Waals surface area (Å²) in [6, 6.07) is 10.9. The van der Waals surface area contributed by atoms with Gasteiger partial charge in [-0.3, -0.25) is 49.4 Å². The summed E-state index contributed by atoms with van der Waals surface area (Å²) in [6.07, 6.45) is 5.42. The molecule has 5 aliphatic heterocycles. The molecule has 4 aromatic rings. The minimum atomic E-state index is -1.25. The number of nitrogens with one attached hydrogen (secondary N) is 2. The first-order chi connectivity index (χ1) is 34.8. The quantitative estimate of drug-likeness (QED) is 0.0732. The van der Waals surface area contributed by atoms with Gasteiger partial charge in [-0.25, -0.2) is 4.98 Å². The standard InChI is InChI=1S/C51H53Cl2N11O9/c1-27(43-35(52)23-57-24-36(43)53)73-40-18-34(37(55)19-39(40)72-3)44(56)30-16-29(21-54)45(58-22-30)63-25-50(2,26-63)60-46(67)28-8-12-62(13-9-28)42(66)20-51(71)10-14-61(15-11-51)31-4-5-32-33(17-31)49(70)64(48(32)69)38-6-7-41(65)59-47(38)68/h4-5,16-19,22-24,27-28,38,56,71H,6-15,20,25-26,55H2,1-3H3,(H,60,67)(H,59,65,68)/p+1/t27-,38?/m1/s1. The van der Waals surface area contributed by atoms with Crippen molar-refractivity contribution in [3.8, 4) is 17.6 Å². The summed E-state index contributed by atoms with van der Waals surface area (Å²) in [7, 11) is 1.48. The van der Waals surface area contributed by atoms with Gasteiger partial charge in [-0.05, 0) is 76.3 Å². The van der Waals surface area contributed by atoms with Crippen molar-refractivity contribution in [2.45, 2.75) is 82.1 Å². The minimum absolute atomic E-state index is 0.0271. The van der Waals surface area contributed by atoms with E-state index in [9.17, 15) is 39.1 Å². The number of fused-ring (bicyclic) bond motifs is 1. The second-order valence-electron chi connectivity index (χ2n) is 19.6. The zero-order valence-electron chi connectivity index (χ0n) is 40.4. The number of hydrogen-bond acceptors (Lipinski definition) is 15. The number of benzene rings is 2. The number of carbonyl (C=O) groups is 6. The second kappa shape index (κ2) is 19.9. The number of carbonyl (C=O) groups excluding carboxylic acids is 6. The maximum absolute atomic E-state index is 13.6. The van der Waals surface area contributed by atoms with E-state index >= 15 is 0 Å². The van der Waals surface area contributed by atoms with E-state index in [-0.39, 0.29) is 72.2 Å². The molecular formula is C51H54Cl2N11O9+. The van der Waals surface area contributed by atoms with E-state index in [1.54, 1.807) is 54.4 Å². The van der Waals surface area contributed by atoms with E-state index in [2.05, 4.69) is 26.7 Å². The molecule has 2 aromatic carbocycles. The van der Waals surface area contributed by atoms with Crippen LogP contribution in [-0.2, 0) is 19.2 Å². The van der Waals surface area contributed by atoms with E-state index in [1.807, 2.05) is 16.7 Å². The number of likely N-dealkylation sites (tertiary alicyclic amines) is 1. The molecule has 9 rings (SSSR count). The van der Waals surface area contributed by atoms with Gasteiger partial charge in [0.1, 0.15) is 24.0 Å². The van der Waals surface area contributed by atoms with Crippen molar-refractivity contribution in [3.05, 3.63) is 98.4 Å². The van der Waals surface area contributed by atoms with Crippen molar-refractivity contribution >= 4 is 81.5 Å². The number of ether oxygens (including phenoxy) is 2. The monoisotopic (exact) mass is 1030 g/mol. The van der Waals surface area contributed by atoms with Crippen LogP contribution >= 0.6 is 23.2 Å². The lowest BCUT2D eigenvalue weighted by Crippen LogP contribution is -2.69. The average Bonchev–Trinajstić information content (AvgIpc) is 3.60. The molecule has 1 unspecified atom stereocenters. The Hall–Kier alpha value is -7.34. The fourth-order valence-electron chi connectivity index (χ4n) is 10.4. The molecule has 0 saturated carbocycles. The van der Waals surface area contributed by atoms with Crippen LogP contribution in [0.2, 0.25) is 10.0 Å². The van der Waals surface area contributed by atoms with Crippen molar-refractivity contribution in [3.63, 3.8) is 0 Å². The summed E-state index contributed by atoms with van der Waals surface area (Å²) >= 11 is 12.8. The number of pyridine rings is 2. The van der Waals surface area contributed by atoms with Crippen molar-refractivity contribution in [2.75, 3.05) is 61.9 Å². The zero-order chi connectivity index (χ0) is 52.1. The van der Waals surface area contributed by atoms with Crippen LogP contribution in [0.1, 0.15) is 108 Å². The zero-order valence-corrected chi connectivity index (χ0v) is 41.9. The Morgan fingerprint density at radius 1 is 0.973 bits per heavy atom. The van der Waals surface area contributed by atoms with Crippen LogP contribution in [0.15, 0.2) is 55.0 Å². The highest BCUT2D eigenvalue weighted by atomic mass is 35.5. The van der Waals surface area contributed by atoms with Crippen LogP contribution in [0, 0.1) is 17.2 Å². The minimum Gasteiger partial charge on any atom is -0.493 e. The Morgan fingerprint density at radius 2 is 1.66 bits per heavy atom. The van der Waals surface area contributed by atoms with Crippen LogP contribution < -0.4 is 41.1 Å². The normalized spacial score (nSPS) is 19.9. The highest BCUT2D eigenvalue weighted by Gasteiger charge is 2.46. The first-order valence-corrected chi connectivity index (χ1v) is 24.7. The molecule has 0 radical (unpaired) electrons. The number of imide groups is 2. The molecule has 7 heterocycles. The summed E-state index contributed by atoms with van der Waals surface area (Å²) < 4.78 is 11.8. The van der Waals surface area contributed by atoms with Crippen LogP contribution in [0.4, 0.5) is 17.2 Å². The summed E-state index contributed by atoms with van der Waals surface area (Å²) in [6.45, 7) is 6.03. The summed E-state index contributed by atoms with van der Waals surface area (Å²) in [5.41, 5.74) is 7.86. The van der Waals surface area contributed by atoms with Crippen LogP contribution in [0.5, 0.6) is 11.5 Å². The summed E-state index contributed by atoms with van der Waals surface area (Å²) in [5.74, 6) is -1.81. The highest BCUT2D eigenvalue weighted by molar-refractivity contribution is 6.35. The molecule has 0 aliphatic carbocycles. The lowest BCUT2D eigenvalue weighted by atomic mass is 9.86. The second-order valence-corrected chi connectivity index (χ2v) is 20.4. The molecule has 22 heteroatoms. The molecule has 5 aliphatic rings. The number of nitrogens with zero attached hydrogens (tertiary/aromatic N) is 7. The number of rotatable bonds is 13. The number of anilines is 3. The number of hydrogen-bond donors (Lipinski definition) is 5. The molecule has 6 amide bonds. The smallest absolute Gasteiger partial charge is 0.262 e. The molecule has 2 aromatic heterocycles. The number of nitrogen functional groups attached to an aromatic ring is 1. The molecule has 4 fully saturated rings. The van der Waals surface area contributed by atoms with Gasteiger partial charge in [-0.2, -0.15) is 5.26 Å². The number of aliphatic hydroxyl groups is 1. The number of aromatic nitrogens is 2. The summed E-state index contributed by atoms with van der Waals surface area (Å²) in [4.78, 5) is 93.0. The van der Waals surface area contributed by atoms with Crippen molar-refractivity contribution in [2.24, 2.45) is 5.92 Å². The predicted molar refractivity (Wildman–Crippen MR) is 267 cm³/mol. The van der Waals surface area contributed by atoms with E-state index in [4.69, 9.17) is 43.8 Å². The third-order valence-electron chi connectivity index (χ3n) is 14.5. The summed E-state index contributed by atoms with van der Waals surface area (Å²) in [5, 5.41) is 34.5. The fourth-order valence-corrected chi connectivity index (χ4v) is 11.1. The van der Waals surface area contributed by atoms with Gasteiger partial charge in [0.2, 0.25) is 29.3 Å². The lowest BCUT2D eigenvalue weighted by molar-refractivity contribution is -0.141. The number of halogens is 2. The first kappa shape index (κ1) is 50.6. The molecule has 2 atom stereocenters. The molecule has 380 valence electrons.